The van der Waals surface area contributed by atoms with Crippen molar-refractivity contribution in [2.24, 2.45) is 0 Å². The van der Waals surface area contributed by atoms with Gasteiger partial charge in [-0.05, 0) is 37.3 Å². The molecular weight excluding hydrogens is 466 g/mol. The maximum absolute atomic E-state index is 13.2. The maximum Gasteiger partial charge on any atom is 0.254 e. The van der Waals surface area contributed by atoms with Gasteiger partial charge in [-0.3, -0.25) is 9.59 Å². The number of amides is 2. The number of carbonyl (C=O) groups is 2. The van der Waals surface area contributed by atoms with Crippen LogP contribution in [0.15, 0.2) is 24.4 Å². The Morgan fingerprint density at radius 1 is 1.23 bits per heavy atom. The van der Waals surface area contributed by atoms with E-state index in [0.717, 1.165) is 63.0 Å². The Bertz CT molecular complexity index is 1060. The fraction of sp³-hybridized carbons (Fsp3) is 0.538. The summed E-state index contributed by atoms with van der Waals surface area (Å²) < 4.78 is 5.42. The van der Waals surface area contributed by atoms with Crippen molar-refractivity contribution in [3.8, 4) is 11.3 Å². The summed E-state index contributed by atoms with van der Waals surface area (Å²) >= 11 is 6.45. The van der Waals surface area contributed by atoms with Crippen molar-refractivity contribution >= 4 is 29.4 Å². The Balaban J connectivity index is 1.48. The number of fused-ring (bicyclic) bond motifs is 1. The SMILES string of the molecule is CCCCN(CCC)C(=O)CN1Cc2ccc(-c3nc(NC4CCOCC4)ncc3Cl)cc2C1=O. The molecule has 3 heterocycles. The third-order valence-electron chi connectivity index (χ3n) is 6.51. The van der Waals surface area contributed by atoms with E-state index in [1.165, 1.54) is 0 Å². The van der Waals surface area contributed by atoms with Crippen LogP contribution in [0.3, 0.4) is 0 Å². The fourth-order valence-corrected chi connectivity index (χ4v) is 4.74. The number of ether oxygens (including phenoxy) is 1. The molecule has 9 heteroatoms. The van der Waals surface area contributed by atoms with Crippen LogP contribution >= 0.6 is 11.6 Å². The molecule has 1 aromatic carbocycles. The zero-order valence-corrected chi connectivity index (χ0v) is 21.3. The fourth-order valence-electron chi connectivity index (χ4n) is 4.54. The van der Waals surface area contributed by atoms with Crippen molar-refractivity contribution in [1.29, 1.82) is 0 Å². The number of hydrogen-bond donors (Lipinski definition) is 1. The molecule has 2 amide bonds. The summed E-state index contributed by atoms with van der Waals surface area (Å²) in [6, 6.07) is 5.94. The molecule has 0 aliphatic carbocycles. The number of rotatable bonds is 10. The van der Waals surface area contributed by atoms with E-state index in [0.29, 0.717) is 35.3 Å². The maximum atomic E-state index is 13.2. The quantitative estimate of drug-likeness (QED) is 0.522. The molecule has 0 radical (unpaired) electrons. The van der Waals surface area contributed by atoms with Crippen LogP contribution in [0.2, 0.25) is 5.02 Å². The van der Waals surface area contributed by atoms with Gasteiger partial charge in [0.2, 0.25) is 11.9 Å². The van der Waals surface area contributed by atoms with Crippen molar-refractivity contribution in [2.75, 3.05) is 38.2 Å². The first-order valence-corrected chi connectivity index (χ1v) is 12.9. The highest BCUT2D eigenvalue weighted by Gasteiger charge is 2.30. The smallest absolute Gasteiger partial charge is 0.254 e. The highest BCUT2D eigenvalue weighted by molar-refractivity contribution is 6.33. The number of benzene rings is 1. The minimum absolute atomic E-state index is 0.00403. The van der Waals surface area contributed by atoms with Crippen molar-refractivity contribution in [3.05, 3.63) is 40.5 Å². The molecule has 0 bridgehead atoms. The highest BCUT2D eigenvalue weighted by atomic mass is 35.5. The monoisotopic (exact) mass is 499 g/mol. The van der Waals surface area contributed by atoms with Crippen LogP contribution in [-0.2, 0) is 16.1 Å². The zero-order valence-electron chi connectivity index (χ0n) is 20.6. The number of anilines is 1. The van der Waals surface area contributed by atoms with Gasteiger partial charge in [0, 0.05) is 50.0 Å². The van der Waals surface area contributed by atoms with Crippen LogP contribution in [0.5, 0.6) is 0 Å². The van der Waals surface area contributed by atoms with Crippen LogP contribution in [0, 0.1) is 0 Å². The van der Waals surface area contributed by atoms with Crippen molar-refractivity contribution < 1.29 is 14.3 Å². The van der Waals surface area contributed by atoms with E-state index in [1.807, 2.05) is 23.1 Å². The Morgan fingerprint density at radius 2 is 2.03 bits per heavy atom. The largest absolute Gasteiger partial charge is 0.381 e. The lowest BCUT2D eigenvalue weighted by molar-refractivity contribution is -0.132. The molecule has 2 aliphatic rings. The Labute approximate surface area is 212 Å². The van der Waals surface area contributed by atoms with Crippen molar-refractivity contribution in [1.82, 2.24) is 19.8 Å². The van der Waals surface area contributed by atoms with Gasteiger partial charge in [0.25, 0.3) is 5.91 Å². The van der Waals surface area contributed by atoms with E-state index in [4.69, 9.17) is 16.3 Å². The number of aromatic nitrogens is 2. The molecule has 35 heavy (non-hydrogen) atoms. The number of hydrogen-bond acceptors (Lipinski definition) is 6. The highest BCUT2D eigenvalue weighted by Crippen LogP contribution is 2.31. The number of nitrogens with zero attached hydrogens (tertiary/aromatic N) is 4. The Morgan fingerprint density at radius 3 is 2.77 bits per heavy atom. The Hall–Kier alpha value is -2.71. The predicted octanol–water partition coefficient (Wildman–Crippen LogP) is 4.38. The van der Waals surface area contributed by atoms with Crippen LogP contribution in [-0.4, -0.2) is 70.5 Å². The summed E-state index contributed by atoms with van der Waals surface area (Å²) in [5, 5.41) is 3.79. The summed E-state index contributed by atoms with van der Waals surface area (Å²) in [5.74, 6) is 0.385. The number of carbonyl (C=O) groups excluding carboxylic acids is 2. The molecular formula is C26H34ClN5O3. The van der Waals surface area contributed by atoms with Gasteiger partial charge in [0.05, 0.1) is 16.9 Å². The number of nitrogens with one attached hydrogen (secondary N) is 1. The molecule has 1 fully saturated rings. The first-order valence-electron chi connectivity index (χ1n) is 12.6. The molecule has 0 spiro atoms. The molecule has 2 aliphatic heterocycles. The van der Waals surface area contributed by atoms with E-state index in [9.17, 15) is 9.59 Å². The third kappa shape index (κ3) is 6.11. The van der Waals surface area contributed by atoms with E-state index in [-0.39, 0.29) is 24.4 Å². The molecule has 8 nitrogen and oxygen atoms in total. The first-order chi connectivity index (χ1) is 17.0. The lowest BCUT2D eigenvalue weighted by Gasteiger charge is -2.25. The van der Waals surface area contributed by atoms with E-state index < -0.39 is 0 Å². The van der Waals surface area contributed by atoms with E-state index in [1.54, 1.807) is 11.1 Å². The molecule has 0 saturated carbocycles. The van der Waals surface area contributed by atoms with Crippen molar-refractivity contribution in [3.63, 3.8) is 0 Å². The minimum atomic E-state index is -0.132. The lowest BCUT2D eigenvalue weighted by Crippen LogP contribution is -2.41. The normalized spacial score (nSPS) is 15.9. The summed E-state index contributed by atoms with van der Waals surface area (Å²) in [6.45, 7) is 7.60. The summed E-state index contributed by atoms with van der Waals surface area (Å²) in [6.07, 6.45) is 6.29. The zero-order chi connectivity index (χ0) is 24.8. The average Bonchev–Trinajstić information content (AvgIpc) is 3.18. The molecule has 0 unspecified atom stereocenters. The number of halogens is 1. The van der Waals surface area contributed by atoms with Gasteiger partial charge < -0.3 is 19.9 Å². The minimum Gasteiger partial charge on any atom is -0.381 e. The lowest BCUT2D eigenvalue weighted by atomic mass is 10.0. The summed E-state index contributed by atoms with van der Waals surface area (Å²) in [5.41, 5.74) is 2.84. The van der Waals surface area contributed by atoms with Crippen molar-refractivity contribution in [2.45, 2.75) is 58.5 Å². The van der Waals surface area contributed by atoms with E-state index in [2.05, 4.69) is 29.1 Å². The van der Waals surface area contributed by atoms with Gasteiger partial charge in [-0.2, -0.15) is 0 Å². The van der Waals surface area contributed by atoms with Crippen LogP contribution in [0.1, 0.15) is 61.9 Å². The first kappa shape index (κ1) is 25.4. The standard InChI is InChI=1S/C26H34ClN5O3/c1-3-5-11-31(10-4-2)23(33)17-32-16-19-7-6-18(14-21(19)25(32)34)24-22(27)15-28-26(30-24)29-20-8-12-35-13-9-20/h6-7,14-15,20H,3-5,8-13,16-17H2,1-2H3,(H,28,29,30). The van der Waals surface area contributed by atoms with Gasteiger partial charge in [-0.1, -0.05) is 44.0 Å². The van der Waals surface area contributed by atoms with Crippen LogP contribution < -0.4 is 5.32 Å². The second-order valence-electron chi connectivity index (χ2n) is 9.19. The second-order valence-corrected chi connectivity index (χ2v) is 9.60. The van der Waals surface area contributed by atoms with Gasteiger partial charge in [-0.25, -0.2) is 9.97 Å². The van der Waals surface area contributed by atoms with E-state index >= 15 is 0 Å². The second kappa shape index (κ2) is 11.8. The summed E-state index contributed by atoms with van der Waals surface area (Å²) in [7, 11) is 0. The summed E-state index contributed by atoms with van der Waals surface area (Å²) in [4.78, 5) is 38.6. The molecule has 1 N–H and O–H groups in total. The van der Waals surface area contributed by atoms with Gasteiger partial charge in [0.15, 0.2) is 0 Å². The third-order valence-corrected chi connectivity index (χ3v) is 6.79. The molecule has 188 valence electrons. The van der Waals surface area contributed by atoms with Crippen LogP contribution in [0.25, 0.3) is 11.3 Å². The topological polar surface area (TPSA) is 87.7 Å². The molecule has 0 atom stereocenters. The average molecular weight is 500 g/mol. The number of unbranched alkanes of at least 4 members (excludes halogenated alkanes) is 1. The molecule has 4 rings (SSSR count). The van der Waals surface area contributed by atoms with Gasteiger partial charge >= 0.3 is 0 Å². The predicted molar refractivity (Wildman–Crippen MR) is 136 cm³/mol. The Kier molecular flexibility index (Phi) is 8.57. The van der Waals surface area contributed by atoms with Gasteiger partial charge in [-0.15, -0.1) is 0 Å². The van der Waals surface area contributed by atoms with Crippen LogP contribution in [0.4, 0.5) is 5.95 Å². The molecule has 2 aromatic rings. The molecule has 1 saturated heterocycles. The molecule has 1 aromatic heterocycles. The van der Waals surface area contributed by atoms with Gasteiger partial charge in [0.1, 0.15) is 6.54 Å².